The molecule has 0 aliphatic rings. The number of hydrogen-bond acceptors (Lipinski definition) is 4. The molecule has 0 unspecified atom stereocenters. The standard InChI is InChI=1S/C16H16N4O2/c1-11(14-9-6-10-15(18-14)12(2)21)19-20-16(22)17-13-7-4-3-5-8-13/h3-10H,1-2H3,(H2,17,20,22). The Bertz CT molecular complexity index is 711. The van der Waals surface area contributed by atoms with Gasteiger partial charge in [0.15, 0.2) is 5.78 Å². The van der Waals surface area contributed by atoms with E-state index in [1.165, 1.54) is 6.92 Å². The molecule has 0 saturated heterocycles. The summed E-state index contributed by atoms with van der Waals surface area (Å²) in [7, 11) is 0. The van der Waals surface area contributed by atoms with Gasteiger partial charge in [-0.2, -0.15) is 5.10 Å². The van der Waals surface area contributed by atoms with Crippen LogP contribution in [0, 0.1) is 0 Å². The third-order valence-electron chi connectivity index (χ3n) is 2.84. The van der Waals surface area contributed by atoms with Crippen molar-refractivity contribution in [3.63, 3.8) is 0 Å². The van der Waals surface area contributed by atoms with Crippen molar-refractivity contribution in [2.45, 2.75) is 13.8 Å². The van der Waals surface area contributed by atoms with Crippen molar-refractivity contribution in [3.05, 3.63) is 59.9 Å². The summed E-state index contributed by atoms with van der Waals surface area (Å²) < 4.78 is 0. The Morgan fingerprint density at radius 3 is 2.32 bits per heavy atom. The number of Topliss-reactive ketones (excluding diaryl/α,β-unsaturated/α-hetero) is 1. The van der Waals surface area contributed by atoms with E-state index < -0.39 is 6.03 Å². The van der Waals surface area contributed by atoms with Gasteiger partial charge in [0.05, 0.1) is 11.4 Å². The van der Waals surface area contributed by atoms with Crippen LogP contribution in [0.3, 0.4) is 0 Å². The number of pyridine rings is 1. The zero-order valence-corrected chi connectivity index (χ0v) is 12.3. The van der Waals surface area contributed by atoms with E-state index >= 15 is 0 Å². The third kappa shape index (κ3) is 4.24. The molecule has 0 saturated carbocycles. The molecule has 1 aromatic heterocycles. The molecule has 0 fully saturated rings. The highest BCUT2D eigenvalue weighted by Gasteiger charge is 2.05. The maximum Gasteiger partial charge on any atom is 0.339 e. The van der Waals surface area contributed by atoms with Crippen LogP contribution in [0.25, 0.3) is 0 Å². The average Bonchev–Trinajstić information content (AvgIpc) is 2.53. The van der Waals surface area contributed by atoms with Crippen molar-refractivity contribution in [1.29, 1.82) is 0 Å². The fourth-order valence-electron chi connectivity index (χ4n) is 1.70. The Labute approximate surface area is 128 Å². The lowest BCUT2D eigenvalue weighted by molar-refractivity contribution is 0.101. The van der Waals surface area contributed by atoms with Crippen LogP contribution >= 0.6 is 0 Å². The van der Waals surface area contributed by atoms with E-state index in [2.05, 4.69) is 20.8 Å². The number of ketones is 1. The van der Waals surface area contributed by atoms with Gasteiger partial charge in [0.25, 0.3) is 0 Å². The van der Waals surface area contributed by atoms with Crippen molar-refractivity contribution in [1.82, 2.24) is 10.4 Å². The van der Waals surface area contributed by atoms with Gasteiger partial charge in [0.1, 0.15) is 5.69 Å². The second-order valence-corrected chi connectivity index (χ2v) is 4.59. The number of amides is 2. The molecular weight excluding hydrogens is 280 g/mol. The minimum atomic E-state index is -0.451. The third-order valence-corrected chi connectivity index (χ3v) is 2.84. The van der Waals surface area contributed by atoms with E-state index in [0.29, 0.717) is 22.8 Å². The highest BCUT2D eigenvalue weighted by atomic mass is 16.2. The Morgan fingerprint density at radius 1 is 0.955 bits per heavy atom. The van der Waals surface area contributed by atoms with Crippen LogP contribution in [-0.2, 0) is 0 Å². The predicted octanol–water partition coefficient (Wildman–Crippen LogP) is 2.83. The minimum absolute atomic E-state index is 0.121. The normalized spacial score (nSPS) is 10.9. The molecule has 6 heteroatoms. The van der Waals surface area contributed by atoms with Crippen LogP contribution in [0.5, 0.6) is 0 Å². The largest absolute Gasteiger partial charge is 0.339 e. The molecule has 0 aliphatic heterocycles. The zero-order valence-electron chi connectivity index (χ0n) is 12.3. The van der Waals surface area contributed by atoms with Crippen molar-refractivity contribution in [2.75, 3.05) is 5.32 Å². The summed E-state index contributed by atoms with van der Waals surface area (Å²) in [6.07, 6.45) is 0. The molecule has 22 heavy (non-hydrogen) atoms. The quantitative estimate of drug-likeness (QED) is 0.517. The van der Waals surface area contributed by atoms with Crippen molar-refractivity contribution < 1.29 is 9.59 Å². The second-order valence-electron chi connectivity index (χ2n) is 4.59. The summed E-state index contributed by atoms with van der Waals surface area (Å²) in [5, 5.41) is 6.62. The maximum absolute atomic E-state index is 11.7. The molecule has 0 atom stereocenters. The van der Waals surface area contributed by atoms with E-state index in [4.69, 9.17) is 0 Å². The Morgan fingerprint density at radius 2 is 1.64 bits per heavy atom. The van der Waals surface area contributed by atoms with Crippen LogP contribution in [0.1, 0.15) is 30.0 Å². The lowest BCUT2D eigenvalue weighted by Gasteiger charge is -2.05. The van der Waals surface area contributed by atoms with E-state index in [-0.39, 0.29) is 5.78 Å². The fourth-order valence-corrected chi connectivity index (χ4v) is 1.70. The lowest BCUT2D eigenvalue weighted by atomic mass is 10.2. The van der Waals surface area contributed by atoms with Gasteiger partial charge in [-0.25, -0.2) is 15.2 Å². The van der Waals surface area contributed by atoms with Gasteiger partial charge in [-0.3, -0.25) is 4.79 Å². The van der Waals surface area contributed by atoms with Gasteiger partial charge in [-0.15, -0.1) is 0 Å². The molecule has 0 aliphatic carbocycles. The summed E-state index contributed by atoms with van der Waals surface area (Å²) in [4.78, 5) is 27.2. The number of urea groups is 1. The summed E-state index contributed by atoms with van der Waals surface area (Å²) in [6.45, 7) is 3.15. The molecule has 112 valence electrons. The van der Waals surface area contributed by atoms with E-state index in [0.717, 1.165) is 0 Å². The summed E-state index contributed by atoms with van der Waals surface area (Å²) >= 11 is 0. The lowest BCUT2D eigenvalue weighted by Crippen LogP contribution is -2.25. The maximum atomic E-state index is 11.7. The first kappa shape index (κ1) is 15.4. The Balaban J connectivity index is 2.02. The molecule has 0 spiro atoms. The molecule has 2 N–H and O–H groups in total. The minimum Gasteiger partial charge on any atom is -0.307 e. The van der Waals surface area contributed by atoms with Gasteiger partial charge in [-0.05, 0) is 31.2 Å². The van der Waals surface area contributed by atoms with Gasteiger partial charge in [0.2, 0.25) is 0 Å². The molecule has 0 bridgehead atoms. The van der Waals surface area contributed by atoms with Gasteiger partial charge in [0, 0.05) is 12.6 Å². The monoisotopic (exact) mass is 296 g/mol. The number of aromatic nitrogens is 1. The molecule has 1 heterocycles. The average molecular weight is 296 g/mol. The summed E-state index contributed by atoms with van der Waals surface area (Å²) in [5.74, 6) is -0.121. The topological polar surface area (TPSA) is 83.5 Å². The molecule has 2 aromatic rings. The van der Waals surface area contributed by atoms with E-state index in [1.807, 2.05) is 18.2 Å². The van der Waals surface area contributed by atoms with Crippen LogP contribution < -0.4 is 10.7 Å². The Hall–Kier alpha value is -3.02. The second kappa shape index (κ2) is 7.12. The number of hydrogen-bond donors (Lipinski definition) is 2. The number of nitrogens with zero attached hydrogens (tertiary/aromatic N) is 2. The highest BCUT2D eigenvalue weighted by Crippen LogP contribution is 2.05. The van der Waals surface area contributed by atoms with Crippen LogP contribution in [0.2, 0.25) is 0 Å². The van der Waals surface area contributed by atoms with Crippen LogP contribution in [0.15, 0.2) is 53.6 Å². The number of rotatable bonds is 4. The number of nitrogens with one attached hydrogen (secondary N) is 2. The number of anilines is 1. The zero-order chi connectivity index (χ0) is 15.9. The van der Waals surface area contributed by atoms with Crippen molar-refractivity contribution >= 4 is 23.2 Å². The van der Waals surface area contributed by atoms with Crippen molar-refractivity contribution in [3.8, 4) is 0 Å². The van der Waals surface area contributed by atoms with Crippen LogP contribution in [-0.4, -0.2) is 22.5 Å². The van der Waals surface area contributed by atoms with Gasteiger partial charge in [-0.1, -0.05) is 24.3 Å². The first-order chi connectivity index (χ1) is 10.6. The van der Waals surface area contributed by atoms with Crippen LogP contribution in [0.4, 0.5) is 10.5 Å². The van der Waals surface area contributed by atoms with Gasteiger partial charge < -0.3 is 5.32 Å². The molecular formula is C16H16N4O2. The predicted molar refractivity (Wildman–Crippen MR) is 85.0 cm³/mol. The van der Waals surface area contributed by atoms with E-state index in [1.54, 1.807) is 37.3 Å². The fraction of sp³-hybridized carbons (Fsp3) is 0.125. The Kier molecular flexibility index (Phi) is 4.98. The summed E-state index contributed by atoms with van der Waals surface area (Å²) in [5.41, 5.74) is 4.46. The smallest absolute Gasteiger partial charge is 0.307 e. The number of hydrazone groups is 1. The van der Waals surface area contributed by atoms with Gasteiger partial charge >= 0.3 is 6.03 Å². The molecule has 1 aromatic carbocycles. The first-order valence-electron chi connectivity index (χ1n) is 6.71. The molecule has 0 radical (unpaired) electrons. The molecule has 2 amide bonds. The number of benzene rings is 1. The first-order valence-corrected chi connectivity index (χ1v) is 6.71. The highest BCUT2D eigenvalue weighted by molar-refractivity contribution is 6.00. The number of para-hydroxylation sites is 1. The number of carbonyl (C=O) groups is 2. The summed E-state index contributed by atoms with van der Waals surface area (Å²) in [6, 6.07) is 13.7. The molecule has 2 rings (SSSR count). The van der Waals surface area contributed by atoms with E-state index in [9.17, 15) is 9.59 Å². The molecule has 6 nitrogen and oxygen atoms in total. The van der Waals surface area contributed by atoms with Crippen molar-refractivity contribution in [2.24, 2.45) is 5.10 Å². The SMILES string of the molecule is CC(=O)c1cccc(C(C)=NNC(=O)Nc2ccccc2)n1. The number of carbonyl (C=O) groups excluding carboxylic acids is 2.